The summed E-state index contributed by atoms with van der Waals surface area (Å²) in [6.45, 7) is 6.82. The van der Waals surface area contributed by atoms with Crippen LogP contribution >= 0.6 is 0 Å². The normalized spacial score (nSPS) is 25.0. The Labute approximate surface area is 132 Å². The lowest BCUT2D eigenvalue weighted by Crippen LogP contribution is -2.32. The van der Waals surface area contributed by atoms with E-state index in [2.05, 4.69) is 22.7 Å². The van der Waals surface area contributed by atoms with E-state index in [-0.39, 0.29) is 6.03 Å². The Kier molecular flexibility index (Phi) is 4.41. The van der Waals surface area contributed by atoms with Gasteiger partial charge in [0.1, 0.15) is 0 Å². The van der Waals surface area contributed by atoms with E-state index in [0.29, 0.717) is 12.0 Å². The fraction of sp³-hybridized carbons (Fsp3) is 0.765. The van der Waals surface area contributed by atoms with Crippen LogP contribution in [0.3, 0.4) is 0 Å². The molecule has 2 amide bonds. The van der Waals surface area contributed by atoms with Crippen LogP contribution < -0.4 is 10.6 Å². The van der Waals surface area contributed by atoms with E-state index in [0.717, 1.165) is 36.0 Å². The van der Waals surface area contributed by atoms with Gasteiger partial charge in [0.05, 0.1) is 17.1 Å². The molecule has 2 aliphatic carbocycles. The first-order valence-corrected chi connectivity index (χ1v) is 8.71. The fourth-order valence-electron chi connectivity index (χ4n) is 3.97. The SMILES string of the molecule is CCn1nc(C)c(NC(=O)N[C@@H]2C[C@H]2C2CCCCC2)c1C. The summed E-state index contributed by atoms with van der Waals surface area (Å²) in [7, 11) is 0. The molecule has 2 aliphatic rings. The predicted octanol–water partition coefficient (Wildman–Crippen LogP) is 3.61. The molecule has 2 atom stereocenters. The first kappa shape index (κ1) is 15.4. The first-order chi connectivity index (χ1) is 10.6. The van der Waals surface area contributed by atoms with E-state index in [1.165, 1.54) is 32.1 Å². The molecule has 2 N–H and O–H groups in total. The highest BCUT2D eigenvalue weighted by Gasteiger charge is 2.43. The second-order valence-electron chi connectivity index (χ2n) is 6.86. The van der Waals surface area contributed by atoms with Crippen LogP contribution in [0.25, 0.3) is 0 Å². The zero-order valence-electron chi connectivity index (χ0n) is 14.0. The molecule has 0 bridgehead atoms. The monoisotopic (exact) mass is 304 g/mol. The summed E-state index contributed by atoms with van der Waals surface area (Å²) in [5.74, 6) is 1.55. The van der Waals surface area contributed by atoms with Gasteiger partial charge in [0.25, 0.3) is 0 Å². The Morgan fingerprint density at radius 2 is 2.00 bits per heavy atom. The minimum Gasteiger partial charge on any atom is -0.335 e. The number of amides is 2. The molecule has 1 aromatic heterocycles. The van der Waals surface area contributed by atoms with Crippen molar-refractivity contribution in [2.45, 2.75) is 71.9 Å². The number of anilines is 1. The second-order valence-corrected chi connectivity index (χ2v) is 6.86. The maximum Gasteiger partial charge on any atom is 0.319 e. The molecule has 1 heterocycles. The first-order valence-electron chi connectivity index (χ1n) is 8.71. The summed E-state index contributed by atoms with van der Waals surface area (Å²) in [5, 5.41) is 10.6. The molecule has 0 spiro atoms. The number of carbonyl (C=O) groups is 1. The number of nitrogens with one attached hydrogen (secondary N) is 2. The minimum absolute atomic E-state index is 0.0786. The Balaban J connectivity index is 1.52. The molecular formula is C17H28N4O. The summed E-state index contributed by atoms with van der Waals surface area (Å²) in [6.07, 6.45) is 7.99. The zero-order valence-corrected chi connectivity index (χ0v) is 14.0. The molecule has 0 aromatic carbocycles. The standard InChI is InChI=1S/C17H28N4O/c1-4-21-12(3)16(11(2)20-21)19-17(22)18-15-10-14(15)13-8-6-5-7-9-13/h13-15H,4-10H2,1-3H3,(H2,18,19,22)/t14-,15+/m0/s1. The van der Waals surface area contributed by atoms with Gasteiger partial charge in [-0.15, -0.1) is 0 Å². The number of carbonyl (C=O) groups excluding carboxylic acids is 1. The van der Waals surface area contributed by atoms with Crippen molar-refractivity contribution < 1.29 is 4.79 Å². The number of hydrogen-bond donors (Lipinski definition) is 2. The van der Waals surface area contributed by atoms with E-state index in [9.17, 15) is 4.79 Å². The Morgan fingerprint density at radius 1 is 1.27 bits per heavy atom. The van der Waals surface area contributed by atoms with Gasteiger partial charge in [0, 0.05) is 12.6 Å². The summed E-state index contributed by atoms with van der Waals surface area (Å²) in [6, 6.07) is 0.301. The molecule has 3 rings (SSSR count). The average molecular weight is 304 g/mol. The van der Waals surface area contributed by atoms with E-state index < -0.39 is 0 Å². The van der Waals surface area contributed by atoms with Crippen LogP contribution in [0.1, 0.15) is 56.8 Å². The van der Waals surface area contributed by atoms with Crippen molar-refractivity contribution in [2.75, 3.05) is 5.32 Å². The third-order valence-corrected chi connectivity index (χ3v) is 5.33. The van der Waals surface area contributed by atoms with Crippen LogP contribution in [-0.2, 0) is 6.54 Å². The molecule has 2 fully saturated rings. The Hall–Kier alpha value is -1.52. The molecule has 5 nitrogen and oxygen atoms in total. The summed E-state index contributed by atoms with van der Waals surface area (Å²) in [4.78, 5) is 12.2. The molecule has 122 valence electrons. The van der Waals surface area contributed by atoms with Gasteiger partial charge < -0.3 is 10.6 Å². The molecule has 2 saturated carbocycles. The van der Waals surface area contributed by atoms with Crippen LogP contribution in [0, 0.1) is 25.7 Å². The lowest BCUT2D eigenvalue weighted by Gasteiger charge is -2.21. The molecule has 5 heteroatoms. The van der Waals surface area contributed by atoms with Crippen LogP contribution in [0.5, 0.6) is 0 Å². The highest BCUT2D eigenvalue weighted by Crippen LogP contribution is 2.44. The smallest absolute Gasteiger partial charge is 0.319 e. The average Bonchev–Trinajstić information content (AvgIpc) is 3.23. The maximum atomic E-state index is 12.2. The van der Waals surface area contributed by atoms with Gasteiger partial charge >= 0.3 is 6.03 Å². The van der Waals surface area contributed by atoms with Gasteiger partial charge in [-0.25, -0.2) is 4.79 Å². The van der Waals surface area contributed by atoms with Gasteiger partial charge in [0.2, 0.25) is 0 Å². The van der Waals surface area contributed by atoms with E-state index in [1.54, 1.807) is 0 Å². The number of aryl methyl sites for hydroxylation is 2. The highest BCUT2D eigenvalue weighted by atomic mass is 16.2. The number of aromatic nitrogens is 2. The number of rotatable bonds is 4. The van der Waals surface area contributed by atoms with Crippen LogP contribution in [0.4, 0.5) is 10.5 Å². The molecule has 0 saturated heterocycles. The summed E-state index contributed by atoms with van der Waals surface area (Å²) >= 11 is 0. The third-order valence-electron chi connectivity index (χ3n) is 5.33. The highest BCUT2D eigenvalue weighted by molar-refractivity contribution is 5.90. The van der Waals surface area contributed by atoms with E-state index >= 15 is 0 Å². The van der Waals surface area contributed by atoms with Gasteiger partial charge in [-0.05, 0) is 39.0 Å². The molecule has 0 unspecified atom stereocenters. The number of hydrogen-bond acceptors (Lipinski definition) is 2. The molecular weight excluding hydrogens is 276 g/mol. The van der Waals surface area contributed by atoms with Crippen molar-refractivity contribution in [3.8, 4) is 0 Å². The van der Waals surface area contributed by atoms with Gasteiger partial charge in [-0.3, -0.25) is 4.68 Å². The van der Waals surface area contributed by atoms with Gasteiger partial charge in [-0.1, -0.05) is 32.1 Å². The van der Waals surface area contributed by atoms with Crippen LogP contribution in [-0.4, -0.2) is 21.9 Å². The fourth-order valence-corrected chi connectivity index (χ4v) is 3.97. The third kappa shape index (κ3) is 3.13. The quantitative estimate of drug-likeness (QED) is 0.892. The van der Waals surface area contributed by atoms with Crippen molar-refractivity contribution in [3.05, 3.63) is 11.4 Å². The predicted molar refractivity (Wildman–Crippen MR) is 88.0 cm³/mol. The molecule has 0 aliphatic heterocycles. The molecule has 22 heavy (non-hydrogen) atoms. The van der Waals surface area contributed by atoms with Crippen molar-refractivity contribution in [2.24, 2.45) is 11.8 Å². The summed E-state index contributed by atoms with van der Waals surface area (Å²) in [5.41, 5.74) is 2.76. The van der Waals surface area contributed by atoms with E-state index in [1.807, 2.05) is 18.5 Å². The van der Waals surface area contributed by atoms with Gasteiger partial charge in [0.15, 0.2) is 0 Å². The lowest BCUT2D eigenvalue weighted by atomic mass is 9.85. The largest absolute Gasteiger partial charge is 0.335 e. The van der Waals surface area contributed by atoms with E-state index in [4.69, 9.17) is 0 Å². The van der Waals surface area contributed by atoms with Gasteiger partial charge in [-0.2, -0.15) is 5.10 Å². The summed E-state index contributed by atoms with van der Waals surface area (Å²) < 4.78 is 1.92. The maximum absolute atomic E-state index is 12.2. The van der Waals surface area contributed by atoms with Crippen molar-refractivity contribution in [1.29, 1.82) is 0 Å². The van der Waals surface area contributed by atoms with Crippen LogP contribution in [0.15, 0.2) is 0 Å². The Bertz CT molecular complexity index is 545. The molecule has 0 radical (unpaired) electrons. The number of urea groups is 1. The zero-order chi connectivity index (χ0) is 15.7. The van der Waals surface area contributed by atoms with Crippen molar-refractivity contribution in [1.82, 2.24) is 15.1 Å². The molecule has 1 aromatic rings. The van der Waals surface area contributed by atoms with Crippen molar-refractivity contribution in [3.63, 3.8) is 0 Å². The van der Waals surface area contributed by atoms with Crippen molar-refractivity contribution >= 4 is 11.7 Å². The Morgan fingerprint density at radius 3 is 2.64 bits per heavy atom. The number of nitrogens with zero attached hydrogens (tertiary/aromatic N) is 2. The topological polar surface area (TPSA) is 59.0 Å². The lowest BCUT2D eigenvalue weighted by molar-refractivity contribution is 0.249. The van der Waals surface area contributed by atoms with Crippen LogP contribution in [0.2, 0.25) is 0 Å². The minimum atomic E-state index is -0.0786. The second kappa shape index (κ2) is 6.31.